The number of piperidine rings is 1. The number of hydrogen-bond acceptors (Lipinski definition) is 6. The molecule has 3 aromatic rings. The van der Waals surface area contributed by atoms with E-state index in [1.54, 1.807) is 0 Å². The zero-order valence-corrected chi connectivity index (χ0v) is 21.7. The fourth-order valence-corrected chi connectivity index (χ4v) is 5.49. The number of benzene rings is 2. The third-order valence-electron chi connectivity index (χ3n) is 7.39. The van der Waals surface area contributed by atoms with Gasteiger partial charge in [-0.05, 0) is 69.0 Å². The van der Waals surface area contributed by atoms with Crippen LogP contribution in [-0.4, -0.2) is 48.4 Å². The van der Waals surface area contributed by atoms with Crippen LogP contribution in [0.1, 0.15) is 38.7 Å². The predicted octanol–water partition coefficient (Wildman–Crippen LogP) is 5.62. The van der Waals surface area contributed by atoms with E-state index in [1.165, 1.54) is 24.1 Å². The monoisotopic (exact) mass is 482 g/mol. The summed E-state index contributed by atoms with van der Waals surface area (Å²) in [6.45, 7) is 14.2. The zero-order valence-electron chi connectivity index (χ0n) is 21.7. The highest BCUT2D eigenvalue weighted by atomic mass is 15.6. The van der Waals surface area contributed by atoms with Crippen molar-refractivity contribution in [3.8, 4) is 0 Å². The second kappa shape index (κ2) is 11.1. The van der Waals surface area contributed by atoms with E-state index >= 15 is 0 Å². The number of hydrazine groups is 1. The molecular weight excluding hydrogens is 444 g/mol. The van der Waals surface area contributed by atoms with Crippen molar-refractivity contribution in [1.29, 1.82) is 0 Å². The average molecular weight is 483 g/mol. The van der Waals surface area contributed by atoms with Gasteiger partial charge in [-0.3, -0.25) is 10.4 Å². The normalized spacial score (nSPS) is 18.4. The molecule has 0 unspecified atom stereocenters. The number of nitrogens with zero attached hydrogens (tertiary/aromatic N) is 5. The van der Waals surface area contributed by atoms with Gasteiger partial charge in [-0.2, -0.15) is 0 Å². The van der Waals surface area contributed by atoms with Crippen molar-refractivity contribution in [3.63, 3.8) is 0 Å². The van der Waals surface area contributed by atoms with Crippen molar-refractivity contribution in [2.24, 2.45) is 10.9 Å². The van der Waals surface area contributed by atoms with Crippen LogP contribution in [0.25, 0.3) is 10.8 Å². The molecule has 0 bridgehead atoms. The summed E-state index contributed by atoms with van der Waals surface area (Å²) >= 11 is 0. The second-order valence-electron chi connectivity index (χ2n) is 9.87. The van der Waals surface area contributed by atoms with Crippen molar-refractivity contribution >= 4 is 28.0 Å². The van der Waals surface area contributed by atoms with Crippen LogP contribution in [0.4, 0.5) is 11.4 Å². The van der Waals surface area contributed by atoms with E-state index < -0.39 is 0 Å². The summed E-state index contributed by atoms with van der Waals surface area (Å²) in [5, 5.41) is 4.28. The lowest BCUT2D eigenvalue weighted by Crippen LogP contribution is -2.45. The Kier molecular flexibility index (Phi) is 7.52. The Hall–Kier alpha value is -3.38. The highest BCUT2D eigenvalue weighted by Gasteiger charge is 2.30. The maximum atomic E-state index is 4.88. The number of likely N-dealkylation sites (tertiary alicyclic amines) is 1. The fraction of sp³-hybridized carbons (Fsp3) is 0.400. The maximum absolute atomic E-state index is 4.88. The minimum atomic E-state index is 0.392. The van der Waals surface area contributed by atoms with Crippen molar-refractivity contribution in [2.45, 2.75) is 39.5 Å². The molecule has 0 saturated carbocycles. The molecule has 188 valence electrons. The number of aliphatic imine (C=N–C) groups is 1. The molecule has 6 heteroatoms. The van der Waals surface area contributed by atoms with Gasteiger partial charge in [0.2, 0.25) is 0 Å². The lowest BCUT2D eigenvalue weighted by molar-refractivity contribution is 0.205. The number of rotatable bonds is 9. The van der Waals surface area contributed by atoms with Gasteiger partial charge in [0.05, 0.1) is 5.69 Å². The van der Waals surface area contributed by atoms with E-state index in [2.05, 4.69) is 89.2 Å². The number of amidine groups is 1. The number of hydrogen-bond donors (Lipinski definition) is 1. The van der Waals surface area contributed by atoms with Gasteiger partial charge in [0.15, 0.2) is 0 Å². The van der Waals surface area contributed by atoms with E-state index in [9.17, 15) is 0 Å². The van der Waals surface area contributed by atoms with Crippen LogP contribution >= 0.6 is 0 Å². The third kappa shape index (κ3) is 5.24. The van der Waals surface area contributed by atoms with Gasteiger partial charge in [0.1, 0.15) is 11.7 Å². The Morgan fingerprint density at radius 3 is 2.89 bits per heavy atom. The quantitative estimate of drug-likeness (QED) is 0.429. The van der Waals surface area contributed by atoms with E-state index in [0.29, 0.717) is 5.92 Å². The Bertz CT molecular complexity index is 1230. The lowest BCUT2D eigenvalue weighted by atomic mass is 9.96. The van der Waals surface area contributed by atoms with Gasteiger partial charge < -0.3 is 9.80 Å². The minimum absolute atomic E-state index is 0.392. The van der Waals surface area contributed by atoms with Crippen LogP contribution in [0, 0.1) is 5.92 Å². The van der Waals surface area contributed by atoms with E-state index in [4.69, 9.17) is 4.99 Å². The molecule has 1 N–H and O–H groups in total. The number of fused-ring (bicyclic) bond motifs is 1. The molecule has 36 heavy (non-hydrogen) atoms. The average Bonchev–Trinajstić information content (AvgIpc) is 3.32. The molecule has 1 fully saturated rings. The molecule has 0 aliphatic carbocycles. The Labute approximate surface area is 215 Å². The molecule has 2 aromatic carbocycles. The molecule has 5 rings (SSSR count). The largest absolute Gasteiger partial charge is 0.372 e. The van der Waals surface area contributed by atoms with Gasteiger partial charge in [-0.15, -0.1) is 0 Å². The van der Waals surface area contributed by atoms with Crippen LogP contribution in [0.15, 0.2) is 78.3 Å². The SMILES string of the molecule is C=C1N=C([C@H]2CCCN(CCc3cccc(N(CC)CCC)c3)C2)NN1c1cccc2cnccc12. The standard InChI is InChI=1S/C30H38N6/c1-4-17-35(5-2)27-12-6-9-24(20-27)15-19-34-18-8-11-26(22-34)30-32-23(3)36(33-30)29-13-7-10-25-21-31-16-14-28(25)29/h6-7,9-10,12-14,16,20-21,26H,3-5,8,11,15,17-19,22H2,1-2H3,(H,32,33)/t26-/m0/s1. The van der Waals surface area contributed by atoms with Crippen molar-refractivity contribution in [3.05, 3.63) is 78.9 Å². The summed E-state index contributed by atoms with van der Waals surface area (Å²) in [6, 6.07) is 17.4. The van der Waals surface area contributed by atoms with Crippen LogP contribution in [0.2, 0.25) is 0 Å². The second-order valence-corrected chi connectivity index (χ2v) is 9.87. The summed E-state index contributed by atoms with van der Waals surface area (Å²) in [6.07, 6.45) is 8.33. The zero-order chi connectivity index (χ0) is 24.9. The molecular formula is C30H38N6. The molecule has 0 amide bonds. The molecule has 2 aliphatic rings. The first kappa shape index (κ1) is 24.3. The molecule has 0 spiro atoms. The van der Waals surface area contributed by atoms with Crippen molar-refractivity contribution in [2.75, 3.05) is 42.6 Å². The number of aromatic nitrogens is 1. The minimum Gasteiger partial charge on any atom is -0.372 e. The molecule has 1 saturated heterocycles. The first-order chi connectivity index (χ1) is 17.7. The number of nitrogens with one attached hydrogen (secondary N) is 1. The topological polar surface area (TPSA) is 47.0 Å². The molecule has 6 nitrogen and oxygen atoms in total. The highest BCUT2D eigenvalue weighted by molar-refractivity contribution is 5.98. The summed E-state index contributed by atoms with van der Waals surface area (Å²) in [5.74, 6) is 2.18. The van der Waals surface area contributed by atoms with Crippen LogP contribution < -0.4 is 15.3 Å². The van der Waals surface area contributed by atoms with Gasteiger partial charge in [-0.25, -0.2) is 10.0 Å². The summed E-state index contributed by atoms with van der Waals surface area (Å²) < 4.78 is 0. The van der Waals surface area contributed by atoms with E-state index in [1.807, 2.05) is 17.4 Å². The van der Waals surface area contributed by atoms with E-state index in [0.717, 1.165) is 73.7 Å². The number of pyridine rings is 1. The van der Waals surface area contributed by atoms with Gasteiger partial charge in [-0.1, -0.05) is 37.8 Å². The van der Waals surface area contributed by atoms with Crippen molar-refractivity contribution < 1.29 is 0 Å². The Morgan fingerprint density at radius 2 is 2.03 bits per heavy atom. The molecule has 1 atom stereocenters. The summed E-state index contributed by atoms with van der Waals surface area (Å²) in [7, 11) is 0. The van der Waals surface area contributed by atoms with Gasteiger partial charge >= 0.3 is 0 Å². The highest BCUT2D eigenvalue weighted by Crippen LogP contribution is 2.31. The Balaban J connectivity index is 1.21. The van der Waals surface area contributed by atoms with E-state index in [-0.39, 0.29) is 0 Å². The molecule has 3 heterocycles. The molecule has 0 radical (unpaired) electrons. The maximum Gasteiger partial charge on any atom is 0.146 e. The lowest BCUT2D eigenvalue weighted by Gasteiger charge is -2.33. The first-order valence-corrected chi connectivity index (χ1v) is 13.4. The van der Waals surface area contributed by atoms with Crippen LogP contribution in [0.5, 0.6) is 0 Å². The van der Waals surface area contributed by atoms with Gasteiger partial charge in [0.25, 0.3) is 0 Å². The first-order valence-electron chi connectivity index (χ1n) is 13.4. The molecule has 2 aliphatic heterocycles. The van der Waals surface area contributed by atoms with Crippen molar-refractivity contribution in [1.82, 2.24) is 15.3 Å². The smallest absolute Gasteiger partial charge is 0.146 e. The molecule has 1 aromatic heterocycles. The fourth-order valence-electron chi connectivity index (χ4n) is 5.49. The van der Waals surface area contributed by atoms with Gasteiger partial charge in [0, 0.05) is 61.0 Å². The van der Waals surface area contributed by atoms with Crippen LogP contribution in [-0.2, 0) is 6.42 Å². The summed E-state index contributed by atoms with van der Waals surface area (Å²) in [5.41, 5.74) is 7.42. The third-order valence-corrected chi connectivity index (χ3v) is 7.39. The number of anilines is 2. The van der Waals surface area contributed by atoms with Crippen LogP contribution in [0.3, 0.4) is 0 Å². The Morgan fingerprint density at radius 1 is 1.14 bits per heavy atom. The predicted molar refractivity (Wildman–Crippen MR) is 151 cm³/mol. The summed E-state index contributed by atoms with van der Waals surface area (Å²) in [4.78, 5) is 14.2.